The van der Waals surface area contributed by atoms with Crippen molar-refractivity contribution in [2.75, 3.05) is 0 Å². The minimum absolute atomic E-state index is 0.355. The zero-order valence-electron chi connectivity index (χ0n) is 11.1. The molecule has 1 saturated carbocycles. The van der Waals surface area contributed by atoms with Gasteiger partial charge in [-0.05, 0) is 55.4 Å². The van der Waals surface area contributed by atoms with E-state index in [1.807, 2.05) is 11.8 Å². The second kappa shape index (κ2) is 6.44. The van der Waals surface area contributed by atoms with Gasteiger partial charge in [-0.3, -0.25) is 0 Å². The van der Waals surface area contributed by atoms with E-state index in [-0.39, 0.29) is 0 Å². The van der Waals surface area contributed by atoms with Gasteiger partial charge in [-0.15, -0.1) is 11.8 Å². The van der Waals surface area contributed by atoms with E-state index >= 15 is 0 Å². The zero-order valence-corrected chi connectivity index (χ0v) is 13.5. The molecule has 0 aromatic heterocycles. The van der Waals surface area contributed by atoms with Gasteiger partial charge >= 0.3 is 0 Å². The molecular formula is C15H22BrNS. The number of halogens is 1. The van der Waals surface area contributed by atoms with Crippen molar-refractivity contribution in [2.45, 2.75) is 49.3 Å². The minimum atomic E-state index is 0.355. The first-order valence-corrected chi connectivity index (χ1v) is 8.41. The summed E-state index contributed by atoms with van der Waals surface area (Å²) < 4.78 is 1.14. The topological polar surface area (TPSA) is 26.0 Å². The molecular weight excluding hydrogens is 306 g/mol. The highest BCUT2D eigenvalue weighted by Gasteiger charge is 2.30. The summed E-state index contributed by atoms with van der Waals surface area (Å²) in [6.07, 6.45) is 3.74. The first kappa shape index (κ1) is 14.4. The van der Waals surface area contributed by atoms with Crippen LogP contribution >= 0.6 is 27.7 Å². The van der Waals surface area contributed by atoms with E-state index in [0.717, 1.165) is 16.3 Å². The highest BCUT2D eigenvalue weighted by Crippen LogP contribution is 2.38. The molecule has 1 aromatic carbocycles. The molecule has 3 unspecified atom stereocenters. The summed E-state index contributed by atoms with van der Waals surface area (Å²) in [5, 5.41) is 0.576. The lowest BCUT2D eigenvalue weighted by Crippen LogP contribution is -2.39. The predicted octanol–water partition coefficient (Wildman–Crippen LogP) is 4.69. The van der Waals surface area contributed by atoms with Crippen molar-refractivity contribution in [3.8, 4) is 0 Å². The van der Waals surface area contributed by atoms with E-state index in [0.29, 0.717) is 11.3 Å². The van der Waals surface area contributed by atoms with Crippen LogP contribution in [-0.2, 0) is 0 Å². The molecule has 2 rings (SSSR count). The van der Waals surface area contributed by atoms with Gasteiger partial charge in [0.2, 0.25) is 0 Å². The summed E-state index contributed by atoms with van der Waals surface area (Å²) in [6, 6.07) is 8.93. The number of nitrogens with two attached hydrogens (primary N) is 1. The average Bonchev–Trinajstić information content (AvgIpc) is 2.34. The Labute approximate surface area is 123 Å². The molecule has 0 aliphatic heterocycles. The van der Waals surface area contributed by atoms with E-state index in [9.17, 15) is 0 Å². The molecule has 3 atom stereocenters. The Bertz CT molecular complexity index is 377. The molecule has 0 saturated heterocycles. The Hall–Kier alpha value is 0.01000. The van der Waals surface area contributed by atoms with Crippen LogP contribution < -0.4 is 5.73 Å². The van der Waals surface area contributed by atoms with Gasteiger partial charge in [0.25, 0.3) is 0 Å². The molecule has 18 heavy (non-hydrogen) atoms. The maximum absolute atomic E-state index is 6.29. The van der Waals surface area contributed by atoms with Crippen LogP contribution in [0.5, 0.6) is 0 Å². The lowest BCUT2D eigenvalue weighted by atomic mass is 9.79. The zero-order chi connectivity index (χ0) is 13.1. The second-order valence-corrected chi connectivity index (χ2v) is 7.82. The maximum atomic E-state index is 6.29. The van der Waals surface area contributed by atoms with Crippen LogP contribution in [0.2, 0.25) is 0 Å². The number of thioether (sulfide) groups is 1. The van der Waals surface area contributed by atoms with E-state index in [4.69, 9.17) is 5.73 Å². The van der Waals surface area contributed by atoms with E-state index in [1.54, 1.807) is 0 Å². The number of rotatable bonds is 3. The molecule has 1 aromatic rings. The lowest BCUT2D eigenvalue weighted by Gasteiger charge is -2.35. The Morgan fingerprint density at radius 2 is 1.89 bits per heavy atom. The van der Waals surface area contributed by atoms with Crippen LogP contribution in [0.15, 0.2) is 33.6 Å². The molecule has 0 heterocycles. The van der Waals surface area contributed by atoms with Crippen LogP contribution in [0.1, 0.15) is 33.1 Å². The molecule has 1 aliphatic carbocycles. The van der Waals surface area contributed by atoms with Crippen molar-refractivity contribution >= 4 is 27.7 Å². The fourth-order valence-corrected chi connectivity index (χ4v) is 4.17. The normalized spacial score (nSPS) is 28.6. The molecule has 1 aliphatic rings. The van der Waals surface area contributed by atoms with Gasteiger partial charge < -0.3 is 5.73 Å². The Morgan fingerprint density at radius 3 is 2.50 bits per heavy atom. The molecule has 1 nitrogen and oxygen atoms in total. The Kier molecular flexibility index (Phi) is 5.16. The third-order valence-electron chi connectivity index (χ3n) is 3.93. The SMILES string of the molecule is CC(C)C1CCC(N)C(Sc2ccc(Br)cc2)C1. The van der Waals surface area contributed by atoms with Gasteiger partial charge in [-0.25, -0.2) is 0 Å². The summed E-state index contributed by atoms with van der Waals surface area (Å²) in [7, 11) is 0. The van der Waals surface area contributed by atoms with Gasteiger partial charge in [0.15, 0.2) is 0 Å². The summed E-state index contributed by atoms with van der Waals surface area (Å²) in [6.45, 7) is 4.67. The maximum Gasteiger partial charge on any atom is 0.0249 e. The fraction of sp³-hybridized carbons (Fsp3) is 0.600. The second-order valence-electron chi connectivity index (χ2n) is 5.59. The van der Waals surface area contributed by atoms with Crippen LogP contribution in [0.25, 0.3) is 0 Å². The predicted molar refractivity (Wildman–Crippen MR) is 83.9 cm³/mol. The fourth-order valence-electron chi connectivity index (χ4n) is 2.61. The van der Waals surface area contributed by atoms with Gasteiger partial charge in [-0.1, -0.05) is 29.8 Å². The van der Waals surface area contributed by atoms with Gasteiger partial charge in [0.05, 0.1) is 0 Å². The smallest absolute Gasteiger partial charge is 0.0249 e. The molecule has 3 heteroatoms. The molecule has 2 N–H and O–H groups in total. The molecule has 0 radical (unpaired) electrons. The first-order valence-electron chi connectivity index (χ1n) is 6.74. The number of benzene rings is 1. The molecule has 0 spiro atoms. The lowest BCUT2D eigenvalue weighted by molar-refractivity contribution is 0.266. The van der Waals surface area contributed by atoms with Gasteiger partial charge in [0, 0.05) is 20.7 Å². The summed E-state index contributed by atoms with van der Waals surface area (Å²) in [5.41, 5.74) is 6.29. The van der Waals surface area contributed by atoms with Crippen molar-refractivity contribution in [1.82, 2.24) is 0 Å². The summed E-state index contributed by atoms with van der Waals surface area (Å²) in [4.78, 5) is 1.34. The highest BCUT2D eigenvalue weighted by atomic mass is 79.9. The van der Waals surface area contributed by atoms with Gasteiger partial charge in [0.1, 0.15) is 0 Å². The Morgan fingerprint density at radius 1 is 1.22 bits per heavy atom. The van der Waals surface area contributed by atoms with Crippen LogP contribution in [0, 0.1) is 11.8 Å². The highest BCUT2D eigenvalue weighted by molar-refractivity contribution is 9.10. The van der Waals surface area contributed by atoms with Crippen molar-refractivity contribution in [1.29, 1.82) is 0 Å². The van der Waals surface area contributed by atoms with E-state index < -0.39 is 0 Å². The van der Waals surface area contributed by atoms with Crippen LogP contribution in [0.4, 0.5) is 0 Å². The summed E-state index contributed by atoms with van der Waals surface area (Å²) in [5.74, 6) is 1.63. The van der Waals surface area contributed by atoms with Crippen molar-refractivity contribution in [3.63, 3.8) is 0 Å². The van der Waals surface area contributed by atoms with Crippen molar-refractivity contribution in [3.05, 3.63) is 28.7 Å². The summed E-state index contributed by atoms with van der Waals surface area (Å²) >= 11 is 5.43. The largest absolute Gasteiger partial charge is 0.327 e. The van der Waals surface area contributed by atoms with Crippen LogP contribution in [0.3, 0.4) is 0 Å². The average molecular weight is 328 g/mol. The molecule has 0 amide bonds. The molecule has 0 bridgehead atoms. The monoisotopic (exact) mass is 327 g/mol. The molecule has 100 valence electrons. The number of hydrogen-bond donors (Lipinski definition) is 1. The van der Waals surface area contributed by atoms with Gasteiger partial charge in [-0.2, -0.15) is 0 Å². The third-order valence-corrected chi connectivity index (χ3v) is 5.85. The molecule has 1 fully saturated rings. The first-order chi connectivity index (χ1) is 8.56. The minimum Gasteiger partial charge on any atom is -0.327 e. The van der Waals surface area contributed by atoms with E-state index in [2.05, 4.69) is 54.0 Å². The van der Waals surface area contributed by atoms with E-state index in [1.165, 1.54) is 24.2 Å². The van der Waals surface area contributed by atoms with Crippen molar-refractivity contribution in [2.24, 2.45) is 17.6 Å². The standard InChI is InChI=1S/C15H22BrNS/c1-10(2)11-3-8-14(17)15(9-11)18-13-6-4-12(16)5-7-13/h4-7,10-11,14-15H,3,8-9,17H2,1-2H3. The quantitative estimate of drug-likeness (QED) is 0.871. The number of hydrogen-bond acceptors (Lipinski definition) is 2. The Balaban J connectivity index is 2.00. The van der Waals surface area contributed by atoms with Crippen molar-refractivity contribution < 1.29 is 0 Å². The third kappa shape index (κ3) is 3.75. The van der Waals surface area contributed by atoms with Crippen LogP contribution in [-0.4, -0.2) is 11.3 Å².